The van der Waals surface area contributed by atoms with Crippen molar-refractivity contribution in [1.82, 2.24) is 0 Å². The van der Waals surface area contributed by atoms with Gasteiger partial charge in [0.15, 0.2) is 23.1 Å². The molecular formula is C88H112O13. The summed E-state index contributed by atoms with van der Waals surface area (Å²) in [5.41, 5.74) is 2.52. The number of rotatable bonds is 9. The highest BCUT2D eigenvalue weighted by molar-refractivity contribution is 5.93. The van der Waals surface area contributed by atoms with Crippen LogP contribution >= 0.6 is 0 Å². The molecule has 0 radical (unpaired) electrons. The fourth-order valence-electron chi connectivity index (χ4n) is 28.7. The van der Waals surface area contributed by atoms with Crippen LogP contribution in [0.5, 0.6) is 0 Å². The summed E-state index contributed by atoms with van der Waals surface area (Å²) in [7, 11) is 0. The van der Waals surface area contributed by atoms with Gasteiger partial charge in [-0.15, -0.1) is 25.7 Å². The van der Waals surface area contributed by atoms with E-state index in [0.717, 1.165) is 166 Å². The fraction of sp³-hybridized carbons (Fsp3) is 0.727. The number of aliphatic hydroxyl groups excluding tert-OH is 1. The Hall–Kier alpha value is -6.28. The van der Waals surface area contributed by atoms with Gasteiger partial charge in [-0.05, 0) is 327 Å². The van der Waals surface area contributed by atoms with E-state index in [9.17, 15) is 58.8 Å². The number of hydrogen-bond acceptors (Lipinski definition) is 10. The van der Waals surface area contributed by atoms with E-state index in [4.69, 9.17) is 30.4 Å². The van der Waals surface area contributed by atoms with Crippen molar-refractivity contribution in [3.8, 4) is 49.4 Å². The number of hydrogen-bond donors (Lipinski definition) is 4. The second-order valence-electron chi connectivity index (χ2n) is 36.1. The minimum atomic E-state index is -1.30. The molecule has 13 nitrogen and oxygen atoms in total. The van der Waals surface area contributed by atoms with Gasteiger partial charge in [0.25, 0.3) is 6.47 Å². The zero-order valence-electron chi connectivity index (χ0n) is 60.7. The molecule has 0 aromatic carbocycles. The van der Waals surface area contributed by atoms with Crippen LogP contribution in [-0.4, -0.2) is 80.7 Å². The van der Waals surface area contributed by atoms with Crippen LogP contribution in [0.2, 0.25) is 0 Å². The van der Waals surface area contributed by atoms with Crippen LogP contribution in [0.3, 0.4) is 0 Å². The lowest BCUT2D eigenvalue weighted by molar-refractivity contribution is -0.172. The number of aliphatic carboxylic acids is 3. The molecular weight excluding hydrogens is 1260 g/mol. The average molecular weight is 1380 g/mol. The number of terminal acetylenes is 4. The van der Waals surface area contributed by atoms with Crippen molar-refractivity contribution in [3.63, 3.8) is 0 Å². The Labute approximate surface area is 600 Å². The van der Waals surface area contributed by atoms with Crippen LogP contribution in [-0.2, 0) is 43.1 Å². The summed E-state index contributed by atoms with van der Waals surface area (Å²) < 4.78 is 5.06. The quantitative estimate of drug-likeness (QED) is 0.125. The molecule has 0 aromatic heterocycles. The number of ether oxygens (including phenoxy) is 1. The third-order valence-corrected chi connectivity index (χ3v) is 33.7. The van der Waals surface area contributed by atoms with Gasteiger partial charge in [0.05, 0.1) is 11.8 Å². The summed E-state index contributed by atoms with van der Waals surface area (Å²) in [5, 5.41) is 38.7. The van der Waals surface area contributed by atoms with E-state index in [-0.39, 0.29) is 52.4 Å². The number of carboxylic acid groups (broad SMARTS) is 3. The lowest BCUT2D eigenvalue weighted by Gasteiger charge is -2.56. The maximum atomic E-state index is 12.0. The van der Waals surface area contributed by atoms with Gasteiger partial charge >= 0.3 is 17.9 Å². The van der Waals surface area contributed by atoms with Crippen LogP contribution in [0.25, 0.3) is 0 Å². The summed E-state index contributed by atoms with van der Waals surface area (Å²) in [4.78, 5) is 93.7. The lowest BCUT2D eigenvalue weighted by Crippen LogP contribution is -2.55. The van der Waals surface area contributed by atoms with Gasteiger partial charge in [0, 0.05) is 43.1 Å². The molecule has 25 atom stereocenters. The van der Waals surface area contributed by atoms with E-state index < -0.39 is 40.3 Å². The number of allylic oxidation sites excluding steroid dienone is 4. The maximum Gasteiger partial charge on any atom is 0.346 e. The smallest absolute Gasteiger partial charge is 0.346 e. The number of carbonyl (C=O) groups excluding carboxylic acids is 5. The number of fused-ring (bicyclic) bond motifs is 20. The zero-order valence-corrected chi connectivity index (χ0v) is 60.7. The fourth-order valence-corrected chi connectivity index (χ4v) is 28.7. The monoisotopic (exact) mass is 1380 g/mol. The minimum Gasteiger partial charge on any atom is -0.481 e. The van der Waals surface area contributed by atoms with E-state index in [2.05, 4.69) is 51.4 Å². The molecule has 542 valence electrons. The number of ketones is 4. The van der Waals surface area contributed by atoms with E-state index >= 15 is 0 Å². The summed E-state index contributed by atoms with van der Waals surface area (Å²) in [6, 6.07) is 0. The summed E-state index contributed by atoms with van der Waals surface area (Å²) in [6.45, 7) is 9.39. The van der Waals surface area contributed by atoms with Crippen molar-refractivity contribution in [3.05, 3.63) is 46.6 Å². The topological polar surface area (TPSA) is 227 Å². The molecule has 0 heterocycles. The van der Waals surface area contributed by atoms with Crippen molar-refractivity contribution in [2.75, 3.05) is 6.61 Å². The first-order valence-corrected chi connectivity index (χ1v) is 39.5. The van der Waals surface area contributed by atoms with Crippen molar-refractivity contribution in [2.45, 2.75) is 252 Å². The molecule has 12 saturated carbocycles. The Morgan fingerprint density at radius 3 is 1.16 bits per heavy atom. The molecule has 16 rings (SSSR count). The zero-order chi connectivity index (χ0) is 72.0. The van der Waals surface area contributed by atoms with Crippen molar-refractivity contribution < 1.29 is 63.5 Å². The lowest BCUT2D eigenvalue weighted by atomic mass is 9.48. The molecule has 0 amide bonds. The largest absolute Gasteiger partial charge is 0.481 e. The highest BCUT2D eigenvalue weighted by Gasteiger charge is 2.69. The van der Waals surface area contributed by atoms with E-state index in [1.54, 1.807) is 0 Å². The molecule has 16 aliphatic carbocycles. The number of carboxylic acids is 3. The van der Waals surface area contributed by atoms with E-state index in [1.165, 1.54) is 48.0 Å². The van der Waals surface area contributed by atoms with Crippen LogP contribution in [0.15, 0.2) is 46.6 Å². The second kappa shape index (κ2) is 27.6. The first kappa shape index (κ1) is 73.0. The third kappa shape index (κ3) is 11.5. The molecule has 0 spiro atoms. The predicted molar refractivity (Wildman–Crippen MR) is 384 cm³/mol. The highest BCUT2D eigenvalue weighted by Crippen LogP contribution is 2.73. The second-order valence-corrected chi connectivity index (χ2v) is 36.1. The standard InChI is InChI=1S/C23H28O5.C22H28O3.C22H30O2.C21H26O3/c1-3-23(20(21(26)27)28-13-24)11-9-19-18-6-4-14-12-15(25)5-7-16(14)17(18)8-10-22(19,23)2;1-3-22(13-20(24)25)11-9-19-18-6-4-14-12-15(23)5-7-16(14)17(18)8-10-21(19,22)2;1-3-22(12-13-23)11-9-20-19-6-4-15-14-16(24)5-7-17(15)18(19)8-10-21(20,22)2;1-3-21(19(23)24)11-9-18-17-6-4-13-12-14(22)5-7-15(13)16(17)8-10-20(18,21)2/h1,12-13,16-20H,4-11H2,2H3,(H,26,27);1,12,16-19H,4-11,13H2,2H3,(H,24,25);1,14,17-20,23H,4-13H2,2H3;1,12,15-18H,4-11H2,2H3,(H,23,24)/t16?,17?,18?,19?,20?,22-,23-;16?,17?,18?,19?,21-,22-;17?,18?,19?,20?,21-,22-;15?,16?,17?,18?,20-,21-/m0000/s1. The third-order valence-electron chi connectivity index (χ3n) is 33.7. The molecule has 101 heavy (non-hydrogen) atoms. The van der Waals surface area contributed by atoms with Crippen LogP contribution < -0.4 is 0 Å². The van der Waals surface area contributed by atoms with Crippen LogP contribution in [0, 0.1) is 187 Å². The van der Waals surface area contributed by atoms with Crippen molar-refractivity contribution in [1.29, 1.82) is 0 Å². The molecule has 0 bridgehead atoms. The SMILES string of the molecule is C#C[C@@]1(C(=O)O)CCC2C3CCC4=CC(=O)CCC4C3CC[C@@]21C.C#C[C@@]1(C(OC=O)C(=O)O)CCC2C3CCC4=CC(=O)CCC4C3CC[C@@]21C.C#C[C@@]1(CC(=O)O)CCC2C3CCC4=CC(=O)CCC4C3CC[C@@]21C.C#C[C@@]1(CCO)CCC2C3CCC4=CC(=O)CCC4C3CC[C@@]21C. The molecule has 16 aliphatic rings. The first-order valence-electron chi connectivity index (χ1n) is 39.5. The van der Waals surface area contributed by atoms with Crippen molar-refractivity contribution in [2.24, 2.45) is 138 Å². The summed E-state index contributed by atoms with van der Waals surface area (Å²) in [6.07, 6.45) is 62.1. The van der Waals surface area contributed by atoms with Crippen LogP contribution in [0.4, 0.5) is 0 Å². The molecule has 4 N–H and O–H groups in total. The van der Waals surface area contributed by atoms with Gasteiger partial charge in [-0.3, -0.25) is 33.6 Å². The molecule has 0 aliphatic heterocycles. The Morgan fingerprint density at radius 2 is 0.802 bits per heavy atom. The van der Waals surface area contributed by atoms with Crippen LogP contribution in [0.1, 0.15) is 246 Å². The predicted octanol–water partition coefficient (Wildman–Crippen LogP) is 15.6. The number of carbonyl (C=O) groups is 8. The van der Waals surface area contributed by atoms with Gasteiger partial charge < -0.3 is 25.2 Å². The minimum absolute atomic E-state index is 0.0486. The van der Waals surface area contributed by atoms with Gasteiger partial charge in [-0.2, -0.15) is 0 Å². The molecule has 12 fully saturated rings. The highest BCUT2D eigenvalue weighted by atomic mass is 16.5. The van der Waals surface area contributed by atoms with Crippen molar-refractivity contribution >= 4 is 47.5 Å². The Morgan fingerprint density at radius 1 is 0.446 bits per heavy atom. The normalized spacial score (nSPS) is 45.6. The first-order chi connectivity index (χ1) is 48.2. The Balaban J connectivity index is 0.000000121. The molecule has 17 unspecified atom stereocenters. The van der Waals surface area contributed by atoms with Gasteiger partial charge in [-0.1, -0.05) is 73.7 Å². The summed E-state index contributed by atoms with van der Waals surface area (Å²) in [5.74, 6) is 19.5. The van der Waals surface area contributed by atoms with Gasteiger partial charge in [0.2, 0.25) is 6.10 Å². The summed E-state index contributed by atoms with van der Waals surface area (Å²) >= 11 is 0. The molecule has 13 heteroatoms. The molecule has 0 saturated heterocycles. The molecule has 0 aromatic rings. The number of aliphatic hydroxyl groups is 1. The Bertz CT molecular complexity index is 3680. The van der Waals surface area contributed by atoms with Gasteiger partial charge in [0.1, 0.15) is 5.41 Å². The van der Waals surface area contributed by atoms with E-state index in [0.29, 0.717) is 132 Å². The Kier molecular flexibility index (Phi) is 20.0. The maximum absolute atomic E-state index is 12.0. The average Bonchev–Trinajstić information content (AvgIpc) is 1.62. The van der Waals surface area contributed by atoms with Gasteiger partial charge in [-0.25, -0.2) is 4.79 Å². The van der Waals surface area contributed by atoms with E-state index in [1.807, 2.05) is 24.3 Å².